The first kappa shape index (κ1) is 16.3. The van der Waals surface area contributed by atoms with Crippen molar-refractivity contribution in [1.82, 2.24) is 0 Å². The number of aromatic carboxylic acids is 1. The number of rotatable bonds is 3. The molecule has 0 amide bonds. The Bertz CT molecular complexity index is 824. The molecular formula is C20H22N2O2. The van der Waals surface area contributed by atoms with Gasteiger partial charge in [-0.3, -0.25) is 5.01 Å². The van der Waals surface area contributed by atoms with Crippen LogP contribution >= 0.6 is 0 Å². The van der Waals surface area contributed by atoms with E-state index >= 15 is 0 Å². The standard InChI is InChI=1S/C20H22N2O2/c1-13-8-14(2)19-7-6-15(10-17(19)9-13)12-22(21)18-5-3-4-16(11-18)20(23)24/h3-5,8-9,11-12H,6-7,10,21H2,1-2H3,(H,23,24)/b15-12-. The minimum absolute atomic E-state index is 0.238. The van der Waals surface area contributed by atoms with E-state index in [0.29, 0.717) is 5.69 Å². The highest BCUT2D eigenvalue weighted by atomic mass is 16.4. The Kier molecular flexibility index (Phi) is 4.40. The zero-order valence-electron chi connectivity index (χ0n) is 14.0. The molecule has 1 aliphatic rings. The third-order valence-electron chi connectivity index (χ3n) is 4.54. The van der Waals surface area contributed by atoms with Gasteiger partial charge in [-0.25, -0.2) is 10.6 Å². The van der Waals surface area contributed by atoms with Crippen LogP contribution in [0.1, 0.15) is 39.0 Å². The third kappa shape index (κ3) is 3.34. The van der Waals surface area contributed by atoms with Crippen molar-refractivity contribution in [3.05, 3.63) is 76.0 Å². The number of carbonyl (C=O) groups is 1. The Morgan fingerprint density at radius 1 is 1.21 bits per heavy atom. The maximum Gasteiger partial charge on any atom is 0.335 e. The van der Waals surface area contributed by atoms with Gasteiger partial charge in [0.2, 0.25) is 0 Å². The summed E-state index contributed by atoms with van der Waals surface area (Å²) >= 11 is 0. The number of fused-ring (bicyclic) bond motifs is 1. The van der Waals surface area contributed by atoms with Crippen molar-refractivity contribution in [2.24, 2.45) is 5.84 Å². The zero-order chi connectivity index (χ0) is 17.3. The fourth-order valence-corrected chi connectivity index (χ4v) is 3.40. The number of anilines is 1. The molecule has 4 heteroatoms. The van der Waals surface area contributed by atoms with Crippen molar-refractivity contribution in [2.45, 2.75) is 33.1 Å². The minimum Gasteiger partial charge on any atom is -0.478 e. The quantitative estimate of drug-likeness (QED) is 0.667. The number of benzene rings is 2. The molecule has 0 saturated heterocycles. The lowest BCUT2D eigenvalue weighted by Crippen LogP contribution is -2.26. The lowest BCUT2D eigenvalue weighted by molar-refractivity contribution is 0.0697. The second-order valence-corrected chi connectivity index (χ2v) is 6.45. The molecule has 0 saturated carbocycles. The Labute approximate surface area is 142 Å². The molecule has 0 fully saturated rings. The van der Waals surface area contributed by atoms with Crippen molar-refractivity contribution in [3.8, 4) is 0 Å². The van der Waals surface area contributed by atoms with Crippen LogP contribution in [-0.4, -0.2) is 11.1 Å². The van der Waals surface area contributed by atoms with E-state index in [4.69, 9.17) is 10.9 Å². The molecule has 3 N–H and O–H groups in total. The van der Waals surface area contributed by atoms with Gasteiger partial charge in [-0.05, 0) is 73.6 Å². The van der Waals surface area contributed by atoms with E-state index in [0.717, 1.165) is 19.3 Å². The van der Waals surface area contributed by atoms with Crippen LogP contribution < -0.4 is 10.9 Å². The van der Waals surface area contributed by atoms with Gasteiger partial charge in [-0.2, -0.15) is 0 Å². The molecule has 3 rings (SSSR count). The second kappa shape index (κ2) is 6.49. The molecule has 4 nitrogen and oxygen atoms in total. The average Bonchev–Trinajstić information content (AvgIpc) is 2.54. The number of carboxylic acids is 1. The molecule has 2 aromatic carbocycles. The first-order chi connectivity index (χ1) is 11.4. The Balaban J connectivity index is 1.84. The van der Waals surface area contributed by atoms with Gasteiger partial charge in [0.1, 0.15) is 0 Å². The largest absolute Gasteiger partial charge is 0.478 e. The monoisotopic (exact) mass is 322 g/mol. The van der Waals surface area contributed by atoms with Gasteiger partial charge in [0, 0.05) is 6.20 Å². The molecule has 0 spiro atoms. The Morgan fingerprint density at radius 3 is 2.75 bits per heavy atom. The van der Waals surface area contributed by atoms with Gasteiger partial charge in [0.25, 0.3) is 0 Å². The first-order valence-corrected chi connectivity index (χ1v) is 8.10. The molecule has 0 atom stereocenters. The highest BCUT2D eigenvalue weighted by Gasteiger charge is 2.16. The third-order valence-corrected chi connectivity index (χ3v) is 4.54. The predicted octanol–water partition coefficient (Wildman–Crippen LogP) is 3.75. The number of allylic oxidation sites excluding steroid dienone is 1. The predicted molar refractivity (Wildman–Crippen MR) is 96.1 cm³/mol. The van der Waals surface area contributed by atoms with Gasteiger partial charge in [0.05, 0.1) is 11.3 Å². The topological polar surface area (TPSA) is 66.6 Å². The van der Waals surface area contributed by atoms with E-state index in [-0.39, 0.29) is 5.56 Å². The normalized spacial score (nSPS) is 15.2. The van der Waals surface area contributed by atoms with Crippen LogP contribution in [0.4, 0.5) is 5.69 Å². The van der Waals surface area contributed by atoms with Crippen molar-refractivity contribution < 1.29 is 9.90 Å². The number of hydrazine groups is 1. The van der Waals surface area contributed by atoms with Gasteiger partial charge in [-0.15, -0.1) is 0 Å². The van der Waals surface area contributed by atoms with Crippen LogP contribution in [0, 0.1) is 13.8 Å². The highest BCUT2D eigenvalue weighted by Crippen LogP contribution is 2.29. The fourth-order valence-electron chi connectivity index (χ4n) is 3.40. The summed E-state index contributed by atoms with van der Waals surface area (Å²) in [5.74, 6) is 5.19. The van der Waals surface area contributed by atoms with E-state index in [1.54, 1.807) is 18.2 Å². The highest BCUT2D eigenvalue weighted by molar-refractivity contribution is 5.88. The number of hydrogen-bond acceptors (Lipinski definition) is 3. The lowest BCUT2D eigenvalue weighted by atomic mass is 9.85. The van der Waals surface area contributed by atoms with Gasteiger partial charge >= 0.3 is 5.97 Å². The Morgan fingerprint density at radius 2 is 2.00 bits per heavy atom. The number of nitrogens with two attached hydrogens (primary N) is 1. The summed E-state index contributed by atoms with van der Waals surface area (Å²) in [7, 11) is 0. The molecule has 0 aromatic heterocycles. The number of carboxylic acid groups (broad SMARTS) is 1. The van der Waals surface area contributed by atoms with Crippen LogP contribution in [0.5, 0.6) is 0 Å². The zero-order valence-corrected chi connectivity index (χ0v) is 14.0. The molecule has 24 heavy (non-hydrogen) atoms. The molecule has 0 aliphatic heterocycles. The van der Waals surface area contributed by atoms with E-state index in [9.17, 15) is 4.79 Å². The molecule has 0 radical (unpaired) electrons. The summed E-state index contributed by atoms with van der Waals surface area (Å²) in [6.07, 6.45) is 4.82. The van der Waals surface area contributed by atoms with E-state index in [1.165, 1.54) is 32.8 Å². The maximum absolute atomic E-state index is 11.1. The van der Waals surface area contributed by atoms with Crippen molar-refractivity contribution >= 4 is 11.7 Å². The molecule has 124 valence electrons. The van der Waals surface area contributed by atoms with E-state index in [2.05, 4.69) is 26.0 Å². The van der Waals surface area contributed by atoms with E-state index in [1.807, 2.05) is 12.3 Å². The summed E-state index contributed by atoms with van der Waals surface area (Å²) < 4.78 is 0. The van der Waals surface area contributed by atoms with Crippen LogP contribution in [0.25, 0.3) is 0 Å². The average molecular weight is 322 g/mol. The summed E-state index contributed by atoms with van der Waals surface area (Å²) in [4.78, 5) is 11.1. The lowest BCUT2D eigenvalue weighted by Gasteiger charge is -2.23. The summed E-state index contributed by atoms with van der Waals surface area (Å²) in [5, 5.41) is 10.6. The van der Waals surface area contributed by atoms with Crippen LogP contribution in [0.2, 0.25) is 0 Å². The van der Waals surface area contributed by atoms with Gasteiger partial charge < -0.3 is 5.11 Å². The van der Waals surface area contributed by atoms with Crippen LogP contribution in [0.3, 0.4) is 0 Å². The molecular weight excluding hydrogens is 300 g/mol. The number of aryl methyl sites for hydroxylation is 2. The summed E-state index contributed by atoms with van der Waals surface area (Å²) in [6.45, 7) is 4.30. The van der Waals surface area contributed by atoms with Crippen molar-refractivity contribution in [2.75, 3.05) is 5.01 Å². The van der Waals surface area contributed by atoms with Gasteiger partial charge in [-0.1, -0.05) is 23.8 Å². The molecule has 2 aromatic rings. The fraction of sp³-hybridized carbons (Fsp3) is 0.250. The van der Waals surface area contributed by atoms with Crippen LogP contribution in [0.15, 0.2) is 48.2 Å². The first-order valence-electron chi connectivity index (χ1n) is 8.10. The van der Waals surface area contributed by atoms with Crippen molar-refractivity contribution in [1.29, 1.82) is 0 Å². The van der Waals surface area contributed by atoms with Crippen molar-refractivity contribution in [3.63, 3.8) is 0 Å². The Hall–Kier alpha value is -2.59. The molecule has 0 bridgehead atoms. The number of nitrogens with zero attached hydrogens (tertiary/aromatic N) is 1. The van der Waals surface area contributed by atoms with E-state index < -0.39 is 5.97 Å². The SMILES string of the molecule is Cc1cc(C)c2c(c1)C/C(=C\N(N)c1cccc(C(=O)O)c1)CC2. The second-order valence-electron chi connectivity index (χ2n) is 6.45. The smallest absolute Gasteiger partial charge is 0.335 e. The summed E-state index contributed by atoms with van der Waals surface area (Å²) in [6, 6.07) is 11.2. The molecule has 0 unspecified atom stereocenters. The van der Waals surface area contributed by atoms with Gasteiger partial charge in [0.15, 0.2) is 0 Å². The molecule has 0 heterocycles. The van der Waals surface area contributed by atoms with Crippen LogP contribution in [-0.2, 0) is 12.8 Å². The molecule has 1 aliphatic carbocycles. The summed E-state index contributed by atoms with van der Waals surface area (Å²) in [5.41, 5.74) is 7.65. The minimum atomic E-state index is -0.949. The maximum atomic E-state index is 11.1. The number of hydrogen-bond donors (Lipinski definition) is 2.